The minimum absolute atomic E-state index is 0.206. The van der Waals surface area contributed by atoms with Gasteiger partial charge in [0.05, 0.1) is 6.20 Å². The van der Waals surface area contributed by atoms with Crippen LogP contribution in [0.3, 0.4) is 0 Å². The van der Waals surface area contributed by atoms with E-state index in [-0.39, 0.29) is 6.04 Å². The van der Waals surface area contributed by atoms with E-state index in [4.69, 9.17) is 0 Å². The van der Waals surface area contributed by atoms with Crippen molar-refractivity contribution < 1.29 is 4.39 Å². The van der Waals surface area contributed by atoms with Crippen LogP contribution in [0.4, 0.5) is 4.39 Å². The summed E-state index contributed by atoms with van der Waals surface area (Å²) in [6.45, 7) is 2.75. The largest absolute Gasteiger partial charge is 0.310 e. The van der Waals surface area contributed by atoms with Crippen LogP contribution in [0.5, 0.6) is 0 Å². The predicted molar refractivity (Wildman–Crippen MR) is 93.8 cm³/mol. The van der Waals surface area contributed by atoms with E-state index in [1.807, 2.05) is 37.8 Å². The summed E-state index contributed by atoms with van der Waals surface area (Å²) in [6.07, 6.45) is 7.46. The molecule has 0 aliphatic carbocycles. The summed E-state index contributed by atoms with van der Waals surface area (Å²) in [5, 5.41) is 7.69. The molecule has 0 saturated carbocycles. The molecular formula is C18H23FN6. The smallest absolute Gasteiger partial charge is 0.136 e. The molecule has 1 fully saturated rings. The third-order valence-corrected chi connectivity index (χ3v) is 4.82. The molecule has 2 atom stereocenters. The number of pyridine rings is 1. The molecule has 3 aromatic heterocycles. The SMILES string of the molecule is Cn1cc(CN2C[C@@H](F)C[C@H]2CNCc2cccc3nccn23)cn1. The number of fused-ring (bicyclic) bond motifs is 1. The second kappa shape index (κ2) is 6.93. The highest BCUT2D eigenvalue weighted by atomic mass is 19.1. The molecule has 0 spiro atoms. The van der Waals surface area contributed by atoms with E-state index < -0.39 is 6.17 Å². The molecule has 1 aliphatic rings. The van der Waals surface area contributed by atoms with Crippen molar-refractivity contribution in [1.82, 2.24) is 29.4 Å². The van der Waals surface area contributed by atoms with Gasteiger partial charge in [0, 0.05) is 69.1 Å². The van der Waals surface area contributed by atoms with Crippen LogP contribution in [0.1, 0.15) is 17.7 Å². The second-order valence-corrected chi connectivity index (χ2v) is 6.74. The van der Waals surface area contributed by atoms with E-state index in [1.54, 1.807) is 10.9 Å². The van der Waals surface area contributed by atoms with Gasteiger partial charge in [0.15, 0.2) is 0 Å². The number of hydrogen-bond donors (Lipinski definition) is 1. The fourth-order valence-corrected chi connectivity index (χ4v) is 3.63. The van der Waals surface area contributed by atoms with Crippen LogP contribution in [-0.2, 0) is 20.1 Å². The zero-order chi connectivity index (χ0) is 17.2. The molecule has 3 aromatic rings. The zero-order valence-electron chi connectivity index (χ0n) is 14.3. The summed E-state index contributed by atoms with van der Waals surface area (Å²) in [5.74, 6) is 0. The molecule has 0 unspecified atom stereocenters. The van der Waals surface area contributed by atoms with Gasteiger partial charge in [-0.05, 0) is 18.6 Å². The first-order valence-electron chi connectivity index (χ1n) is 8.66. The quantitative estimate of drug-likeness (QED) is 0.742. The topological polar surface area (TPSA) is 50.4 Å². The van der Waals surface area contributed by atoms with Crippen LogP contribution in [0, 0.1) is 0 Å². The van der Waals surface area contributed by atoms with Crippen molar-refractivity contribution in [2.24, 2.45) is 7.05 Å². The minimum atomic E-state index is -0.749. The Hall–Kier alpha value is -2.25. The molecule has 0 aromatic carbocycles. The Labute approximate surface area is 146 Å². The van der Waals surface area contributed by atoms with E-state index in [0.29, 0.717) is 13.0 Å². The predicted octanol–water partition coefficient (Wildman–Crippen LogP) is 1.77. The Kier molecular flexibility index (Phi) is 4.50. The van der Waals surface area contributed by atoms with Crippen molar-refractivity contribution in [2.45, 2.75) is 31.7 Å². The third-order valence-electron chi connectivity index (χ3n) is 4.82. The van der Waals surface area contributed by atoms with Crippen LogP contribution in [0.2, 0.25) is 0 Å². The number of nitrogens with one attached hydrogen (secondary N) is 1. The van der Waals surface area contributed by atoms with Gasteiger partial charge in [0.1, 0.15) is 11.8 Å². The number of likely N-dealkylation sites (tertiary alicyclic amines) is 1. The molecule has 4 heterocycles. The summed E-state index contributed by atoms with van der Waals surface area (Å²) in [7, 11) is 1.90. The Balaban J connectivity index is 1.36. The second-order valence-electron chi connectivity index (χ2n) is 6.74. The number of rotatable bonds is 6. The van der Waals surface area contributed by atoms with E-state index in [1.165, 1.54) is 0 Å². The lowest BCUT2D eigenvalue weighted by Crippen LogP contribution is -2.37. The third kappa shape index (κ3) is 3.57. The molecule has 132 valence electrons. The number of aryl methyl sites for hydroxylation is 1. The highest BCUT2D eigenvalue weighted by molar-refractivity contribution is 5.39. The Bertz CT molecular complexity index is 841. The first-order chi connectivity index (χ1) is 12.2. The van der Waals surface area contributed by atoms with Crippen LogP contribution in [0.25, 0.3) is 5.65 Å². The fraction of sp³-hybridized carbons (Fsp3) is 0.444. The lowest BCUT2D eigenvalue weighted by atomic mass is 10.2. The molecule has 1 saturated heterocycles. The maximum Gasteiger partial charge on any atom is 0.136 e. The molecule has 0 radical (unpaired) electrons. The van der Waals surface area contributed by atoms with E-state index in [9.17, 15) is 4.39 Å². The summed E-state index contributed by atoms with van der Waals surface area (Å²) < 4.78 is 17.8. The van der Waals surface area contributed by atoms with Crippen molar-refractivity contribution in [3.63, 3.8) is 0 Å². The maximum atomic E-state index is 13.9. The Morgan fingerprint density at radius 3 is 3.12 bits per heavy atom. The molecule has 0 bridgehead atoms. The molecule has 0 amide bonds. The average Bonchev–Trinajstić information content (AvgIpc) is 3.29. The molecule has 25 heavy (non-hydrogen) atoms. The molecule has 6 nitrogen and oxygen atoms in total. The van der Waals surface area contributed by atoms with Crippen molar-refractivity contribution in [2.75, 3.05) is 13.1 Å². The van der Waals surface area contributed by atoms with E-state index in [2.05, 4.69) is 30.8 Å². The van der Waals surface area contributed by atoms with Gasteiger partial charge < -0.3 is 9.72 Å². The minimum Gasteiger partial charge on any atom is -0.310 e. The van der Waals surface area contributed by atoms with Crippen molar-refractivity contribution in [1.29, 1.82) is 0 Å². The van der Waals surface area contributed by atoms with Gasteiger partial charge in [-0.15, -0.1) is 0 Å². The Morgan fingerprint density at radius 1 is 1.36 bits per heavy atom. The Morgan fingerprint density at radius 2 is 2.28 bits per heavy atom. The van der Waals surface area contributed by atoms with Gasteiger partial charge >= 0.3 is 0 Å². The van der Waals surface area contributed by atoms with Crippen LogP contribution in [0.15, 0.2) is 43.0 Å². The zero-order valence-corrected chi connectivity index (χ0v) is 14.3. The standard InChI is InChI=1S/C18H23FN6/c1-23-11-14(8-22-23)12-24-13-15(19)7-17(24)10-20-9-16-3-2-4-18-21-5-6-25(16)18/h2-6,8,11,15,17,20H,7,9-10,12-13H2,1H3/t15-,17-/m0/s1. The summed E-state index contributed by atoms with van der Waals surface area (Å²) in [6, 6.07) is 6.30. The average molecular weight is 342 g/mol. The molecule has 1 N–H and O–H groups in total. The van der Waals surface area contributed by atoms with E-state index in [0.717, 1.165) is 36.5 Å². The highest BCUT2D eigenvalue weighted by Gasteiger charge is 2.31. The van der Waals surface area contributed by atoms with Gasteiger partial charge in [0.2, 0.25) is 0 Å². The van der Waals surface area contributed by atoms with Crippen molar-refractivity contribution in [3.05, 3.63) is 54.2 Å². The number of alkyl halides is 1. The van der Waals surface area contributed by atoms with Gasteiger partial charge in [-0.1, -0.05) is 6.07 Å². The van der Waals surface area contributed by atoms with Crippen molar-refractivity contribution >= 4 is 5.65 Å². The van der Waals surface area contributed by atoms with Crippen LogP contribution >= 0.6 is 0 Å². The first-order valence-corrected chi connectivity index (χ1v) is 8.66. The van der Waals surface area contributed by atoms with E-state index >= 15 is 0 Å². The van der Waals surface area contributed by atoms with Gasteiger partial charge in [0.25, 0.3) is 0 Å². The summed E-state index contributed by atoms with van der Waals surface area (Å²) in [5.41, 5.74) is 3.23. The number of nitrogens with zero attached hydrogens (tertiary/aromatic N) is 5. The van der Waals surface area contributed by atoms with Gasteiger partial charge in [-0.2, -0.15) is 5.10 Å². The van der Waals surface area contributed by atoms with Crippen molar-refractivity contribution in [3.8, 4) is 0 Å². The van der Waals surface area contributed by atoms with Gasteiger partial charge in [-0.3, -0.25) is 9.58 Å². The molecule has 4 rings (SSSR count). The molecular weight excluding hydrogens is 319 g/mol. The lowest BCUT2D eigenvalue weighted by molar-refractivity contribution is 0.230. The fourth-order valence-electron chi connectivity index (χ4n) is 3.63. The first kappa shape index (κ1) is 16.2. The van der Waals surface area contributed by atoms with Crippen LogP contribution < -0.4 is 5.32 Å². The van der Waals surface area contributed by atoms with Gasteiger partial charge in [-0.25, -0.2) is 9.37 Å². The number of imidazole rings is 1. The monoisotopic (exact) mass is 342 g/mol. The molecule has 7 heteroatoms. The highest BCUT2D eigenvalue weighted by Crippen LogP contribution is 2.22. The maximum absolute atomic E-state index is 13.9. The number of hydrogen-bond acceptors (Lipinski definition) is 4. The lowest BCUT2D eigenvalue weighted by Gasteiger charge is -2.23. The summed E-state index contributed by atoms with van der Waals surface area (Å²) in [4.78, 5) is 6.52. The summed E-state index contributed by atoms with van der Waals surface area (Å²) >= 11 is 0. The number of halogens is 1. The van der Waals surface area contributed by atoms with Crippen LogP contribution in [-0.4, -0.2) is 49.4 Å². The number of aromatic nitrogens is 4. The normalized spacial score (nSPS) is 21.4. The molecule has 1 aliphatic heterocycles.